The minimum absolute atomic E-state index is 0.419. The SMILES string of the molecule is O=C(C(=O)N1C2=CCN1C=C2)c1cn(Cc2ccc(Cl)cc2)c2ccccc12. The van der Waals surface area contributed by atoms with Crippen LogP contribution in [0.5, 0.6) is 0 Å². The zero-order valence-corrected chi connectivity index (χ0v) is 15.6. The Balaban J connectivity index is 1.51. The number of allylic oxidation sites excluding steroid dienone is 1. The number of halogens is 1. The van der Waals surface area contributed by atoms with Gasteiger partial charge >= 0.3 is 5.91 Å². The highest BCUT2D eigenvalue weighted by atomic mass is 35.5. The van der Waals surface area contributed by atoms with Crippen LogP contribution in [-0.4, -0.2) is 32.8 Å². The molecule has 0 atom stereocenters. The lowest BCUT2D eigenvalue weighted by atomic mass is 10.1. The highest BCUT2D eigenvalue weighted by Crippen LogP contribution is 2.28. The van der Waals surface area contributed by atoms with Crippen molar-refractivity contribution in [3.8, 4) is 0 Å². The summed E-state index contributed by atoms with van der Waals surface area (Å²) in [6.07, 6.45) is 7.34. The van der Waals surface area contributed by atoms with Crippen molar-refractivity contribution in [2.75, 3.05) is 6.54 Å². The quantitative estimate of drug-likeness (QED) is 0.500. The number of para-hydroxylation sites is 1. The first kappa shape index (κ1) is 16.8. The van der Waals surface area contributed by atoms with Crippen LogP contribution < -0.4 is 0 Å². The first-order chi connectivity index (χ1) is 13.6. The molecule has 2 aliphatic rings. The number of hydrogen-bond acceptors (Lipinski definition) is 3. The molecule has 0 N–H and O–H groups in total. The molecule has 28 heavy (non-hydrogen) atoms. The molecule has 3 aromatic rings. The van der Waals surface area contributed by atoms with E-state index in [1.807, 2.05) is 71.5 Å². The molecule has 0 radical (unpaired) electrons. The summed E-state index contributed by atoms with van der Waals surface area (Å²) < 4.78 is 2.00. The first-order valence-electron chi connectivity index (χ1n) is 8.98. The maximum atomic E-state index is 13.1. The van der Waals surface area contributed by atoms with Crippen molar-refractivity contribution in [2.45, 2.75) is 6.54 Å². The number of hydrogen-bond donors (Lipinski definition) is 0. The summed E-state index contributed by atoms with van der Waals surface area (Å²) >= 11 is 5.97. The van der Waals surface area contributed by atoms with Gasteiger partial charge in [-0.3, -0.25) is 14.6 Å². The standard InChI is InChI=1S/C22H16ClN3O2/c23-16-7-5-15(6-8-16)13-24-14-19(18-3-1-2-4-20(18)24)21(27)22(28)26-17-9-11-25(26)12-10-17/h1-11,14H,12-13H2. The molecule has 1 aromatic heterocycles. The molecule has 3 heterocycles. The van der Waals surface area contributed by atoms with Crippen molar-refractivity contribution >= 4 is 34.2 Å². The Morgan fingerprint density at radius 1 is 1.04 bits per heavy atom. The molecule has 5 nitrogen and oxygen atoms in total. The Hall–Kier alpha value is -3.31. The molecule has 0 saturated carbocycles. The Morgan fingerprint density at radius 3 is 2.50 bits per heavy atom. The van der Waals surface area contributed by atoms with Crippen LogP contribution in [0.25, 0.3) is 10.9 Å². The molecule has 5 rings (SSSR count). The molecule has 0 unspecified atom stereocenters. The van der Waals surface area contributed by atoms with Crippen molar-refractivity contribution in [1.29, 1.82) is 0 Å². The summed E-state index contributed by atoms with van der Waals surface area (Å²) in [6.45, 7) is 1.20. The predicted molar refractivity (Wildman–Crippen MR) is 108 cm³/mol. The van der Waals surface area contributed by atoms with E-state index in [4.69, 9.17) is 11.6 Å². The van der Waals surface area contributed by atoms with Crippen molar-refractivity contribution < 1.29 is 9.59 Å². The maximum Gasteiger partial charge on any atom is 0.318 e. The lowest BCUT2D eigenvalue weighted by molar-refractivity contribution is -0.132. The van der Waals surface area contributed by atoms with Gasteiger partial charge in [0.25, 0.3) is 5.78 Å². The molecule has 2 aromatic carbocycles. The first-order valence-corrected chi connectivity index (χ1v) is 9.35. The van der Waals surface area contributed by atoms with Crippen molar-refractivity contribution in [1.82, 2.24) is 14.6 Å². The van der Waals surface area contributed by atoms with E-state index >= 15 is 0 Å². The van der Waals surface area contributed by atoms with Gasteiger partial charge in [-0.15, -0.1) is 0 Å². The highest BCUT2D eigenvalue weighted by Gasteiger charge is 2.35. The van der Waals surface area contributed by atoms with Crippen LogP contribution in [0.1, 0.15) is 15.9 Å². The molecule has 138 valence electrons. The van der Waals surface area contributed by atoms with E-state index in [-0.39, 0.29) is 0 Å². The number of nitrogens with zero attached hydrogens (tertiary/aromatic N) is 3. The van der Waals surface area contributed by atoms with E-state index in [0.29, 0.717) is 23.7 Å². The van der Waals surface area contributed by atoms with Gasteiger partial charge in [-0.25, -0.2) is 5.01 Å². The van der Waals surface area contributed by atoms with Gasteiger partial charge in [0.05, 0.1) is 17.8 Å². The predicted octanol–water partition coefficient (Wildman–Crippen LogP) is 4.00. The summed E-state index contributed by atoms with van der Waals surface area (Å²) in [7, 11) is 0. The smallest absolute Gasteiger partial charge is 0.318 e. The lowest BCUT2D eigenvalue weighted by Crippen LogP contribution is -2.39. The van der Waals surface area contributed by atoms with Crippen LogP contribution in [-0.2, 0) is 11.3 Å². The number of benzene rings is 2. The zero-order chi connectivity index (χ0) is 19.3. The zero-order valence-electron chi connectivity index (χ0n) is 14.9. The Labute approximate surface area is 166 Å². The molecule has 2 aliphatic heterocycles. The number of carbonyl (C=O) groups is 2. The van der Waals surface area contributed by atoms with Gasteiger partial charge in [-0.05, 0) is 35.9 Å². The molecule has 0 spiro atoms. The van der Waals surface area contributed by atoms with Gasteiger partial charge in [0.1, 0.15) is 0 Å². The normalized spacial score (nSPS) is 14.8. The summed E-state index contributed by atoms with van der Waals surface area (Å²) in [5, 5.41) is 4.63. The fourth-order valence-corrected chi connectivity index (χ4v) is 3.85. The molecule has 6 heteroatoms. The fourth-order valence-electron chi connectivity index (χ4n) is 3.72. The highest BCUT2D eigenvalue weighted by molar-refractivity contribution is 6.45. The van der Waals surface area contributed by atoms with E-state index in [9.17, 15) is 9.59 Å². The molecule has 0 aliphatic carbocycles. The molecular formula is C22H16ClN3O2. The second-order valence-electron chi connectivity index (χ2n) is 6.83. The average Bonchev–Trinajstić information content (AvgIpc) is 3.42. The third-order valence-electron chi connectivity index (χ3n) is 5.09. The maximum absolute atomic E-state index is 13.1. The molecule has 0 fully saturated rings. The minimum atomic E-state index is -0.539. The summed E-state index contributed by atoms with van der Waals surface area (Å²) in [4.78, 5) is 26.0. The van der Waals surface area contributed by atoms with Gasteiger partial charge in [-0.1, -0.05) is 41.9 Å². The van der Waals surface area contributed by atoms with Gasteiger partial charge in [-0.2, -0.15) is 0 Å². The largest absolute Gasteiger partial charge is 0.342 e. The van der Waals surface area contributed by atoms with Gasteiger partial charge in [0, 0.05) is 34.9 Å². The number of fused-ring (bicyclic) bond motifs is 3. The number of carbonyl (C=O) groups excluding carboxylic acids is 2. The fraction of sp³-hybridized carbons (Fsp3) is 0.0909. The third-order valence-corrected chi connectivity index (χ3v) is 5.34. The van der Waals surface area contributed by atoms with Gasteiger partial charge in [0.2, 0.25) is 0 Å². The van der Waals surface area contributed by atoms with Gasteiger partial charge < -0.3 is 4.57 Å². The summed E-state index contributed by atoms with van der Waals surface area (Å²) in [5.41, 5.74) is 3.15. The van der Waals surface area contributed by atoms with Crippen molar-refractivity contribution in [3.05, 3.63) is 94.9 Å². The van der Waals surface area contributed by atoms with Crippen LogP contribution in [0.3, 0.4) is 0 Å². The molecule has 1 amide bonds. The van der Waals surface area contributed by atoms with E-state index in [0.717, 1.165) is 22.2 Å². The van der Waals surface area contributed by atoms with E-state index < -0.39 is 11.7 Å². The number of rotatable bonds is 4. The number of Topliss-reactive ketones (excluding diaryl/α,β-unsaturated/α-hetero) is 1. The number of hydrazine groups is 1. The Kier molecular flexibility index (Phi) is 3.84. The summed E-state index contributed by atoms with van der Waals surface area (Å²) in [5.74, 6) is -1.05. The van der Waals surface area contributed by atoms with Gasteiger partial charge in [0.15, 0.2) is 0 Å². The lowest BCUT2D eigenvalue weighted by Gasteiger charge is -2.22. The van der Waals surface area contributed by atoms with Crippen LogP contribution >= 0.6 is 11.6 Å². The van der Waals surface area contributed by atoms with Crippen LogP contribution in [0.15, 0.2) is 78.8 Å². The Morgan fingerprint density at radius 2 is 1.82 bits per heavy atom. The second-order valence-corrected chi connectivity index (χ2v) is 7.26. The number of aromatic nitrogens is 1. The molecule has 2 bridgehead atoms. The monoisotopic (exact) mass is 389 g/mol. The van der Waals surface area contributed by atoms with E-state index in [1.165, 1.54) is 5.01 Å². The molecule has 0 saturated heterocycles. The van der Waals surface area contributed by atoms with Crippen molar-refractivity contribution in [2.24, 2.45) is 0 Å². The molecular weight excluding hydrogens is 374 g/mol. The second kappa shape index (κ2) is 6.39. The number of amides is 1. The topological polar surface area (TPSA) is 45.6 Å². The van der Waals surface area contributed by atoms with Crippen LogP contribution in [0.2, 0.25) is 5.02 Å². The minimum Gasteiger partial charge on any atom is -0.342 e. The average molecular weight is 390 g/mol. The van der Waals surface area contributed by atoms with E-state index in [1.54, 1.807) is 11.2 Å². The third kappa shape index (κ3) is 2.63. The van der Waals surface area contributed by atoms with Crippen LogP contribution in [0, 0.1) is 0 Å². The van der Waals surface area contributed by atoms with Crippen molar-refractivity contribution in [3.63, 3.8) is 0 Å². The Bertz CT molecular complexity index is 1170. The summed E-state index contributed by atoms with van der Waals surface area (Å²) in [6, 6.07) is 15.2. The van der Waals surface area contributed by atoms with Crippen LogP contribution in [0.4, 0.5) is 0 Å². The number of ketones is 1. The van der Waals surface area contributed by atoms with E-state index in [2.05, 4.69) is 0 Å².